The summed E-state index contributed by atoms with van der Waals surface area (Å²) in [6.07, 6.45) is 0. The summed E-state index contributed by atoms with van der Waals surface area (Å²) in [5.74, 6) is 0.512. The molecule has 0 aliphatic rings. The third-order valence-electron chi connectivity index (χ3n) is 4.04. The molecule has 0 aliphatic heterocycles. The standard InChI is InChI=1S/C20H22N4O2S2/c1-12-9-10-15(13(2)11-12)22-19-23-24-20(28-19)27-14(3)18(25)21-16-7-5-6-8-17(16)26-4/h5-11,14H,1-4H3,(H,21,25)(H,22,23)/t14-/m0/s1. The van der Waals surface area contributed by atoms with Gasteiger partial charge < -0.3 is 15.4 Å². The van der Waals surface area contributed by atoms with Crippen LogP contribution in [0.5, 0.6) is 5.75 Å². The van der Waals surface area contributed by atoms with Gasteiger partial charge in [-0.2, -0.15) is 0 Å². The second-order valence-corrected chi connectivity index (χ2v) is 8.83. The molecule has 3 aromatic rings. The molecule has 28 heavy (non-hydrogen) atoms. The van der Waals surface area contributed by atoms with E-state index >= 15 is 0 Å². The number of hydrogen-bond donors (Lipinski definition) is 2. The number of rotatable bonds is 7. The van der Waals surface area contributed by atoms with Crippen molar-refractivity contribution in [3.05, 3.63) is 53.6 Å². The number of aryl methyl sites for hydroxylation is 2. The van der Waals surface area contributed by atoms with Crippen molar-refractivity contribution >= 4 is 45.5 Å². The molecule has 0 aliphatic carbocycles. The van der Waals surface area contributed by atoms with Crippen molar-refractivity contribution in [1.82, 2.24) is 10.2 Å². The van der Waals surface area contributed by atoms with Crippen LogP contribution in [0.15, 0.2) is 46.8 Å². The maximum atomic E-state index is 12.5. The van der Waals surface area contributed by atoms with E-state index in [1.165, 1.54) is 28.7 Å². The number of thioether (sulfide) groups is 1. The third kappa shape index (κ3) is 5.02. The zero-order valence-electron chi connectivity index (χ0n) is 16.1. The smallest absolute Gasteiger partial charge is 0.237 e. The third-order valence-corrected chi connectivity index (χ3v) is 6.06. The molecule has 3 rings (SSSR count). The van der Waals surface area contributed by atoms with Crippen LogP contribution >= 0.6 is 23.1 Å². The zero-order valence-corrected chi connectivity index (χ0v) is 17.8. The molecule has 1 amide bonds. The molecule has 146 valence electrons. The van der Waals surface area contributed by atoms with Gasteiger partial charge in [0.25, 0.3) is 0 Å². The molecule has 0 bridgehead atoms. The van der Waals surface area contributed by atoms with Crippen molar-refractivity contribution in [2.45, 2.75) is 30.4 Å². The monoisotopic (exact) mass is 414 g/mol. The van der Waals surface area contributed by atoms with E-state index in [0.29, 0.717) is 16.6 Å². The average molecular weight is 415 g/mol. The van der Waals surface area contributed by atoms with Gasteiger partial charge in [0.1, 0.15) is 5.75 Å². The first-order valence-corrected chi connectivity index (χ1v) is 10.4. The molecule has 8 heteroatoms. The maximum absolute atomic E-state index is 12.5. The number of nitrogens with one attached hydrogen (secondary N) is 2. The Morgan fingerprint density at radius 3 is 2.68 bits per heavy atom. The van der Waals surface area contributed by atoms with Crippen LogP contribution in [-0.2, 0) is 4.79 Å². The highest BCUT2D eigenvalue weighted by Crippen LogP contribution is 2.32. The first kappa shape index (κ1) is 20.2. The predicted octanol–water partition coefficient (Wildman–Crippen LogP) is 5.03. The van der Waals surface area contributed by atoms with Crippen LogP contribution in [0, 0.1) is 13.8 Å². The molecule has 0 fully saturated rings. The van der Waals surface area contributed by atoms with E-state index < -0.39 is 0 Å². The lowest BCUT2D eigenvalue weighted by atomic mass is 10.1. The summed E-state index contributed by atoms with van der Waals surface area (Å²) in [5.41, 5.74) is 4.01. The number of carbonyl (C=O) groups excluding carboxylic acids is 1. The number of ether oxygens (including phenoxy) is 1. The Balaban J connectivity index is 1.61. The van der Waals surface area contributed by atoms with Crippen molar-refractivity contribution in [1.29, 1.82) is 0 Å². The van der Waals surface area contributed by atoms with E-state index in [1.54, 1.807) is 7.11 Å². The highest BCUT2D eigenvalue weighted by Gasteiger charge is 2.18. The fraction of sp³-hybridized carbons (Fsp3) is 0.250. The van der Waals surface area contributed by atoms with E-state index in [4.69, 9.17) is 4.74 Å². The van der Waals surface area contributed by atoms with E-state index in [9.17, 15) is 4.79 Å². The predicted molar refractivity (Wildman–Crippen MR) is 116 cm³/mol. The first-order valence-electron chi connectivity index (χ1n) is 8.74. The van der Waals surface area contributed by atoms with Crippen LogP contribution in [0.25, 0.3) is 0 Å². The van der Waals surface area contributed by atoms with Gasteiger partial charge in [-0.1, -0.05) is 52.9 Å². The number of methoxy groups -OCH3 is 1. The highest BCUT2D eigenvalue weighted by atomic mass is 32.2. The molecule has 0 spiro atoms. The van der Waals surface area contributed by atoms with Crippen LogP contribution in [0.4, 0.5) is 16.5 Å². The van der Waals surface area contributed by atoms with Gasteiger partial charge in [-0.05, 0) is 44.5 Å². The van der Waals surface area contributed by atoms with Gasteiger partial charge in [0.15, 0.2) is 4.34 Å². The summed E-state index contributed by atoms with van der Waals surface area (Å²) in [7, 11) is 1.58. The second-order valence-electron chi connectivity index (χ2n) is 6.27. The van der Waals surface area contributed by atoms with Gasteiger partial charge in [-0.15, -0.1) is 10.2 Å². The lowest BCUT2D eigenvalue weighted by Gasteiger charge is -2.12. The van der Waals surface area contributed by atoms with Crippen molar-refractivity contribution in [3.8, 4) is 5.75 Å². The van der Waals surface area contributed by atoms with Crippen molar-refractivity contribution in [3.63, 3.8) is 0 Å². The Hall–Kier alpha value is -2.58. The number of nitrogens with zero attached hydrogens (tertiary/aromatic N) is 2. The Morgan fingerprint density at radius 1 is 1.14 bits per heavy atom. The molecule has 2 aromatic carbocycles. The van der Waals surface area contributed by atoms with E-state index in [2.05, 4.69) is 46.8 Å². The molecule has 1 aromatic heterocycles. The summed E-state index contributed by atoms with van der Waals surface area (Å²) in [6.45, 7) is 5.96. The lowest BCUT2D eigenvalue weighted by Crippen LogP contribution is -2.22. The molecule has 0 radical (unpaired) electrons. The van der Waals surface area contributed by atoms with E-state index in [-0.39, 0.29) is 11.2 Å². The van der Waals surface area contributed by atoms with Gasteiger partial charge in [0.05, 0.1) is 18.0 Å². The number of para-hydroxylation sites is 2. The van der Waals surface area contributed by atoms with Crippen molar-refractivity contribution in [2.24, 2.45) is 0 Å². The topological polar surface area (TPSA) is 76.1 Å². The number of aromatic nitrogens is 2. The molecular weight excluding hydrogens is 392 g/mol. The van der Waals surface area contributed by atoms with Gasteiger partial charge in [0.2, 0.25) is 11.0 Å². The fourth-order valence-corrected chi connectivity index (χ4v) is 4.47. The number of amides is 1. The van der Waals surface area contributed by atoms with Crippen LogP contribution in [0.2, 0.25) is 0 Å². The summed E-state index contributed by atoms with van der Waals surface area (Å²) in [4.78, 5) is 12.5. The van der Waals surface area contributed by atoms with Crippen LogP contribution < -0.4 is 15.4 Å². The number of carbonyl (C=O) groups is 1. The fourth-order valence-electron chi connectivity index (χ4n) is 2.56. The minimum atomic E-state index is -0.327. The normalized spacial score (nSPS) is 11.7. The Labute approximate surface area is 172 Å². The minimum Gasteiger partial charge on any atom is -0.495 e. The first-order chi connectivity index (χ1) is 13.5. The molecular formula is C20H22N4O2S2. The molecule has 0 unspecified atom stereocenters. The van der Waals surface area contributed by atoms with Crippen molar-refractivity contribution < 1.29 is 9.53 Å². The molecule has 0 saturated heterocycles. The van der Waals surface area contributed by atoms with Gasteiger partial charge in [-0.3, -0.25) is 4.79 Å². The zero-order chi connectivity index (χ0) is 20.1. The minimum absolute atomic E-state index is 0.117. The Bertz CT molecular complexity index is 974. The van der Waals surface area contributed by atoms with Gasteiger partial charge in [0, 0.05) is 5.69 Å². The second kappa shape index (κ2) is 9.07. The molecule has 2 N–H and O–H groups in total. The van der Waals surface area contributed by atoms with Gasteiger partial charge >= 0.3 is 0 Å². The summed E-state index contributed by atoms with van der Waals surface area (Å²) >= 11 is 2.80. The highest BCUT2D eigenvalue weighted by molar-refractivity contribution is 8.02. The van der Waals surface area contributed by atoms with E-state index in [0.717, 1.165) is 15.6 Å². The molecule has 1 heterocycles. The van der Waals surface area contributed by atoms with Crippen LogP contribution in [-0.4, -0.2) is 28.5 Å². The summed E-state index contributed by atoms with van der Waals surface area (Å²) in [5, 5.41) is 14.9. The Morgan fingerprint density at radius 2 is 1.93 bits per heavy atom. The summed E-state index contributed by atoms with van der Waals surface area (Å²) < 4.78 is 6.00. The largest absolute Gasteiger partial charge is 0.495 e. The van der Waals surface area contributed by atoms with Crippen molar-refractivity contribution in [2.75, 3.05) is 17.7 Å². The number of anilines is 3. The number of hydrogen-bond acceptors (Lipinski definition) is 7. The average Bonchev–Trinajstić information content (AvgIpc) is 3.11. The SMILES string of the molecule is COc1ccccc1NC(=O)[C@H](C)Sc1nnc(Nc2ccc(C)cc2C)s1. The molecule has 0 saturated carbocycles. The number of benzene rings is 2. The van der Waals surface area contributed by atoms with E-state index in [1.807, 2.05) is 37.3 Å². The van der Waals surface area contributed by atoms with Crippen LogP contribution in [0.1, 0.15) is 18.1 Å². The van der Waals surface area contributed by atoms with Crippen LogP contribution in [0.3, 0.4) is 0 Å². The van der Waals surface area contributed by atoms with Gasteiger partial charge in [-0.25, -0.2) is 0 Å². The molecule has 1 atom stereocenters. The quantitative estimate of drug-likeness (QED) is 0.528. The molecule has 6 nitrogen and oxygen atoms in total. The maximum Gasteiger partial charge on any atom is 0.237 e. The lowest BCUT2D eigenvalue weighted by molar-refractivity contribution is -0.115. The summed E-state index contributed by atoms with van der Waals surface area (Å²) in [6, 6.07) is 13.5. The Kier molecular flexibility index (Phi) is 6.53.